The van der Waals surface area contributed by atoms with E-state index in [9.17, 15) is 4.79 Å². The van der Waals surface area contributed by atoms with E-state index in [0.29, 0.717) is 24.2 Å². The van der Waals surface area contributed by atoms with E-state index in [0.717, 1.165) is 57.3 Å². The van der Waals surface area contributed by atoms with Crippen molar-refractivity contribution in [2.45, 2.75) is 57.7 Å². The van der Waals surface area contributed by atoms with Crippen LogP contribution in [0.3, 0.4) is 0 Å². The Labute approximate surface area is 156 Å². The Hall–Kier alpha value is -1.39. The molecule has 4 atom stereocenters. The van der Waals surface area contributed by atoms with Crippen molar-refractivity contribution in [2.24, 2.45) is 17.8 Å². The van der Waals surface area contributed by atoms with Crippen LogP contribution in [-0.2, 0) is 27.1 Å². The number of benzene rings is 1. The van der Waals surface area contributed by atoms with Gasteiger partial charge < -0.3 is 14.2 Å². The molecule has 2 aliphatic carbocycles. The fourth-order valence-corrected chi connectivity index (χ4v) is 5.14. The molecule has 0 spiro atoms. The molecule has 1 aromatic carbocycles. The molecule has 0 N–H and O–H groups in total. The molecule has 1 saturated carbocycles. The van der Waals surface area contributed by atoms with E-state index in [1.54, 1.807) is 7.11 Å². The Morgan fingerprint density at radius 3 is 2.92 bits per heavy atom. The molecule has 4 heteroatoms. The Morgan fingerprint density at radius 1 is 1.19 bits per heavy atom. The summed E-state index contributed by atoms with van der Waals surface area (Å²) in [6, 6.07) is 6.32. The highest BCUT2D eigenvalue weighted by Crippen LogP contribution is 2.46. The Morgan fingerprint density at radius 2 is 2.12 bits per heavy atom. The van der Waals surface area contributed by atoms with Gasteiger partial charge in [0.15, 0.2) is 6.29 Å². The van der Waals surface area contributed by atoms with E-state index in [4.69, 9.17) is 14.2 Å². The van der Waals surface area contributed by atoms with Gasteiger partial charge in [-0.15, -0.1) is 0 Å². The highest BCUT2D eigenvalue weighted by Gasteiger charge is 2.44. The van der Waals surface area contributed by atoms with Gasteiger partial charge in [0.1, 0.15) is 11.5 Å². The summed E-state index contributed by atoms with van der Waals surface area (Å²) < 4.78 is 17.0. The third kappa shape index (κ3) is 3.67. The summed E-state index contributed by atoms with van der Waals surface area (Å²) in [5.74, 6) is 2.63. The van der Waals surface area contributed by atoms with Gasteiger partial charge in [0.2, 0.25) is 0 Å². The van der Waals surface area contributed by atoms with Gasteiger partial charge in [0.05, 0.1) is 7.11 Å². The van der Waals surface area contributed by atoms with Gasteiger partial charge in [0.25, 0.3) is 0 Å². The van der Waals surface area contributed by atoms with Crippen molar-refractivity contribution in [3.63, 3.8) is 0 Å². The molecule has 1 aromatic rings. The summed E-state index contributed by atoms with van der Waals surface area (Å²) >= 11 is 0. The van der Waals surface area contributed by atoms with Crippen LogP contribution >= 0.6 is 0 Å². The highest BCUT2D eigenvalue weighted by molar-refractivity contribution is 5.84. The van der Waals surface area contributed by atoms with Crippen LogP contribution in [0.2, 0.25) is 0 Å². The molecule has 26 heavy (non-hydrogen) atoms. The van der Waals surface area contributed by atoms with Crippen molar-refractivity contribution in [3.8, 4) is 5.75 Å². The number of methoxy groups -OCH3 is 1. The molecule has 3 aliphatic rings. The predicted molar refractivity (Wildman–Crippen MR) is 99.3 cm³/mol. The molecule has 1 saturated heterocycles. The molecular formula is C22H30O4. The van der Waals surface area contributed by atoms with Gasteiger partial charge in [-0.1, -0.05) is 12.1 Å². The molecule has 0 bridgehead atoms. The SMILES string of the molecule is COc1cccc2c1C[C@@H]1CC(=O)C(CCCOC3CCCCO3)[C@H]1C2. The lowest BCUT2D eigenvalue weighted by Crippen LogP contribution is -2.27. The van der Waals surface area contributed by atoms with Crippen molar-refractivity contribution in [1.29, 1.82) is 0 Å². The predicted octanol–water partition coefficient (Wildman–Crippen LogP) is 3.94. The zero-order valence-electron chi connectivity index (χ0n) is 15.7. The minimum Gasteiger partial charge on any atom is -0.496 e. The third-order valence-electron chi connectivity index (χ3n) is 6.47. The maximum atomic E-state index is 12.6. The van der Waals surface area contributed by atoms with Crippen molar-refractivity contribution >= 4 is 5.78 Å². The molecule has 1 aliphatic heterocycles. The van der Waals surface area contributed by atoms with E-state index in [1.807, 2.05) is 6.07 Å². The summed E-state index contributed by atoms with van der Waals surface area (Å²) in [6.45, 7) is 1.52. The Balaban J connectivity index is 1.33. The van der Waals surface area contributed by atoms with E-state index >= 15 is 0 Å². The number of carbonyl (C=O) groups excluding carboxylic acids is 1. The molecular weight excluding hydrogens is 328 g/mol. The summed E-state index contributed by atoms with van der Waals surface area (Å²) in [5.41, 5.74) is 2.69. The average molecular weight is 358 g/mol. The molecule has 2 unspecified atom stereocenters. The molecule has 142 valence electrons. The van der Waals surface area contributed by atoms with Gasteiger partial charge in [-0.05, 0) is 74.0 Å². The molecule has 0 amide bonds. The van der Waals surface area contributed by atoms with E-state index in [2.05, 4.69) is 12.1 Å². The Kier molecular flexibility index (Phi) is 5.60. The molecule has 0 aromatic heterocycles. The summed E-state index contributed by atoms with van der Waals surface area (Å²) in [6.07, 6.45) is 7.95. The van der Waals surface area contributed by atoms with Crippen molar-refractivity contribution in [2.75, 3.05) is 20.3 Å². The van der Waals surface area contributed by atoms with Crippen LogP contribution in [-0.4, -0.2) is 32.4 Å². The minimum atomic E-state index is -0.0233. The first-order valence-corrected chi connectivity index (χ1v) is 10.2. The highest BCUT2D eigenvalue weighted by atomic mass is 16.7. The first kappa shape index (κ1) is 18.0. The van der Waals surface area contributed by atoms with Gasteiger partial charge in [-0.3, -0.25) is 4.79 Å². The van der Waals surface area contributed by atoms with Crippen LogP contribution < -0.4 is 4.74 Å². The van der Waals surface area contributed by atoms with E-state index in [-0.39, 0.29) is 12.2 Å². The van der Waals surface area contributed by atoms with Crippen molar-refractivity contribution in [3.05, 3.63) is 29.3 Å². The molecule has 4 nitrogen and oxygen atoms in total. The topological polar surface area (TPSA) is 44.8 Å². The van der Waals surface area contributed by atoms with Crippen LogP contribution in [0.15, 0.2) is 18.2 Å². The van der Waals surface area contributed by atoms with Crippen molar-refractivity contribution < 1.29 is 19.0 Å². The summed E-state index contributed by atoms with van der Waals surface area (Å²) in [7, 11) is 1.74. The van der Waals surface area contributed by atoms with Crippen LogP contribution in [0.25, 0.3) is 0 Å². The van der Waals surface area contributed by atoms with Crippen LogP contribution in [0.1, 0.15) is 49.7 Å². The van der Waals surface area contributed by atoms with E-state index < -0.39 is 0 Å². The summed E-state index contributed by atoms with van der Waals surface area (Å²) in [5, 5.41) is 0. The number of rotatable bonds is 6. The van der Waals surface area contributed by atoms with E-state index in [1.165, 1.54) is 17.5 Å². The van der Waals surface area contributed by atoms with Gasteiger partial charge in [0, 0.05) is 25.6 Å². The number of ketones is 1. The zero-order valence-corrected chi connectivity index (χ0v) is 15.7. The van der Waals surface area contributed by atoms with Gasteiger partial charge >= 0.3 is 0 Å². The lowest BCUT2D eigenvalue weighted by atomic mass is 9.74. The second-order valence-electron chi connectivity index (χ2n) is 8.02. The standard InChI is InChI=1S/C22H30O4/c1-24-21-8-4-6-15-12-18-16(13-19(15)21)14-20(23)17(18)7-5-11-26-22-9-2-3-10-25-22/h4,6,8,16-18,22H,2-3,5,7,9-14H2,1H3/t16-,17?,18+,22?/m1/s1. The quantitative estimate of drug-likeness (QED) is 0.723. The fraction of sp³-hybridized carbons (Fsp3) is 0.682. The van der Waals surface area contributed by atoms with Crippen LogP contribution in [0, 0.1) is 17.8 Å². The third-order valence-corrected chi connectivity index (χ3v) is 6.47. The molecule has 2 fully saturated rings. The maximum absolute atomic E-state index is 12.6. The summed E-state index contributed by atoms with van der Waals surface area (Å²) in [4.78, 5) is 12.6. The monoisotopic (exact) mass is 358 g/mol. The number of hydrogen-bond donors (Lipinski definition) is 0. The number of ether oxygens (including phenoxy) is 3. The Bertz CT molecular complexity index is 635. The largest absolute Gasteiger partial charge is 0.496 e. The minimum absolute atomic E-state index is 0.0233. The van der Waals surface area contributed by atoms with Crippen LogP contribution in [0.5, 0.6) is 5.75 Å². The second kappa shape index (κ2) is 8.10. The molecule has 1 heterocycles. The number of hydrogen-bond acceptors (Lipinski definition) is 4. The first-order valence-electron chi connectivity index (χ1n) is 10.2. The maximum Gasteiger partial charge on any atom is 0.157 e. The first-order chi connectivity index (χ1) is 12.8. The molecule has 0 radical (unpaired) electrons. The lowest BCUT2D eigenvalue weighted by molar-refractivity contribution is -0.163. The van der Waals surface area contributed by atoms with Crippen LogP contribution in [0.4, 0.5) is 0 Å². The number of Topliss-reactive ketones (excluding diaryl/α,β-unsaturated/α-hetero) is 1. The fourth-order valence-electron chi connectivity index (χ4n) is 5.14. The smallest absolute Gasteiger partial charge is 0.157 e. The number of carbonyl (C=O) groups is 1. The lowest BCUT2D eigenvalue weighted by Gasteiger charge is -2.31. The average Bonchev–Trinajstić information content (AvgIpc) is 2.98. The second-order valence-corrected chi connectivity index (χ2v) is 8.02. The van der Waals surface area contributed by atoms with Gasteiger partial charge in [-0.25, -0.2) is 0 Å². The van der Waals surface area contributed by atoms with Crippen molar-refractivity contribution in [1.82, 2.24) is 0 Å². The molecule has 4 rings (SSSR count). The zero-order chi connectivity index (χ0) is 17.9. The number of fused-ring (bicyclic) bond motifs is 2. The van der Waals surface area contributed by atoms with Gasteiger partial charge in [-0.2, -0.15) is 0 Å². The normalized spacial score (nSPS) is 30.7.